The van der Waals surface area contributed by atoms with E-state index in [9.17, 15) is 14.7 Å². The molecule has 0 aliphatic heterocycles. The number of hydrogen-bond acceptors (Lipinski definition) is 3. The molecule has 0 radical (unpaired) electrons. The minimum Gasteiger partial charge on any atom is -0.480 e. The van der Waals surface area contributed by atoms with Crippen molar-refractivity contribution in [1.29, 1.82) is 0 Å². The molecular formula is C24H23NO3. The summed E-state index contributed by atoms with van der Waals surface area (Å²) in [6.07, 6.45) is -0.100. The number of carbonyl (C=O) groups excluding carboxylic acids is 1. The second-order valence-corrected chi connectivity index (χ2v) is 6.76. The molecule has 0 spiro atoms. The average molecular weight is 373 g/mol. The SMILES string of the molecule is C[C@H](N[C@@H](CC(=O)c1ccc(-c2ccccc2)cc1)C(=O)O)c1ccccc1. The Balaban J connectivity index is 1.68. The lowest BCUT2D eigenvalue weighted by molar-refractivity contribution is -0.139. The van der Waals surface area contributed by atoms with Crippen LogP contribution in [0.3, 0.4) is 0 Å². The van der Waals surface area contributed by atoms with E-state index in [1.807, 2.05) is 79.7 Å². The third kappa shape index (κ3) is 4.93. The lowest BCUT2D eigenvalue weighted by Gasteiger charge is -2.20. The van der Waals surface area contributed by atoms with Gasteiger partial charge in [-0.15, -0.1) is 0 Å². The van der Waals surface area contributed by atoms with Crippen molar-refractivity contribution < 1.29 is 14.7 Å². The molecule has 0 aromatic heterocycles. The first-order valence-corrected chi connectivity index (χ1v) is 9.27. The fourth-order valence-corrected chi connectivity index (χ4v) is 3.14. The van der Waals surface area contributed by atoms with Gasteiger partial charge < -0.3 is 5.11 Å². The Morgan fingerprint density at radius 1 is 0.821 bits per heavy atom. The summed E-state index contributed by atoms with van der Waals surface area (Å²) in [5, 5.41) is 12.6. The number of hydrogen-bond donors (Lipinski definition) is 2. The van der Waals surface area contributed by atoms with Gasteiger partial charge in [0.05, 0.1) is 0 Å². The fourth-order valence-electron chi connectivity index (χ4n) is 3.14. The molecule has 0 saturated carbocycles. The van der Waals surface area contributed by atoms with Gasteiger partial charge in [0.15, 0.2) is 5.78 Å². The number of Topliss-reactive ketones (excluding diaryl/α,β-unsaturated/α-hetero) is 1. The Kier molecular flexibility index (Phi) is 6.35. The lowest BCUT2D eigenvalue weighted by Crippen LogP contribution is -2.40. The van der Waals surface area contributed by atoms with E-state index in [0.29, 0.717) is 5.56 Å². The predicted octanol–water partition coefficient (Wildman–Crippen LogP) is 4.73. The molecule has 2 atom stereocenters. The van der Waals surface area contributed by atoms with Gasteiger partial charge in [-0.1, -0.05) is 84.9 Å². The Hall–Kier alpha value is -3.24. The van der Waals surface area contributed by atoms with Crippen molar-refractivity contribution in [2.24, 2.45) is 0 Å². The zero-order valence-electron chi connectivity index (χ0n) is 15.7. The van der Waals surface area contributed by atoms with Crippen molar-refractivity contribution in [3.8, 4) is 11.1 Å². The molecule has 3 rings (SSSR count). The van der Waals surface area contributed by atoms with E-state index >= 15 is 0 Å². The molecule has 4 heteroatoms. The topological polar surface area (TPSA) is 66.4 Å². The van der Waals surface area contributed by atoms with E-state index < -0.39 is 12.0 Å². The Morgan fingerprint density at radius 3 is 1.93 bits per heavy atom. The van der Waals surface area contributed by atoms with Crippen molar-refractivity contribution >= 4 is 11.8 Å². The maximum Gasteiger partial charge on any atom is 0.321 e. The molecule has 28 heavy (non-hydrogen) atoms. The van der Waals surface area contributed by atoms with Crippen LogP contribution in [0.1, 0.15) is 35.3 Å². The minimum absolute atomic E-state index is 0.100. The van der Waals surface area contributed by atoms with Crippen LogP contribution < -0.4 is 5.32 Å². The Bertz CT molecular complexity index is 921. The number of carboxylic acid groups (broad SMARTS) is 1. The van der Waals surface area contributed by atoms with Gasteiger partial charge in [0.2, 0.25) is 0 Å². The van der Waals surface area contributed by atoms with Crippen LogP contribution in [0.15, 0.2) is 84.9 Å². The summed E-state index contributed by atoms with van der Waals surface area (Å²) in [5.41, 5.74) is 3.58. The van der Waals surface area contributed by atoms with Gasteiger partial charge in [0.25, 0.3) is 0 Å². The van der Waals surface area contributed by atoms with E-state index in [2.05, 4.69) is 5.32 Å². The quantitative estimate of drug-likeness (QED) is 0.560. The zero-order valence-corrected chi connectivity index (χ0v) is 15.7. The van der Waals surface area contributed by atoms with Crippen LogP contribution in [0.2, 0.25) is 0 Å². The number of rotatable bonds is 8. The third-order valence-corrected chi connectivity index (χ3v) is 4.75. The molecule has 0 saturated heterocycles. The number of carboxylic acids is 1. The maximum atomic E-state index is 12.6. The smallest absolute Gasteiger partial charge is 0.321 e. The highest BCUT2D eigenvalue weighted by Gasteiger charge is 2.24. The summed E-state index contributed by atoms with van der Waals surface area (Å²) in [4.78, 5) is 24.3. The summed E-state index contributed by atoms with van der Waals surface area (Å²) in [5.74, 6) is -1.23. The van der Waals surface area contributed by atoms with Gasteiger partial charge in [-0.05, 0) is 23.6 Å². The minimum atomic E-state index is -1.03. The second kappa shape index (κ2) is 9.11. The third-order valence-electron chi connectivity index (χ3n) is 4.75. The Morgan fingerprint density at radius 2 is 1.36 bits per heavy atom. The molecule has 0 aliphatic rings. The van der Waals surface area contributed by atoms with Gasteiger partial charge in [-0.25, -0.2) is 0 Å². The highest BCUT2D eigenvalue weighted by molar-refractivity contribution is 5.99. The van der Waals surface area contributed by atoms with E-state index in [1.54, 1.807) is 12.1 Å². The molecule has 142 valence electrons. The van der Waals surface area contributed by atoms with Crippen LogP contribution >= 0.6 is 0 Å². The van der Waals surface area contributed by atoms with Gasteiger partial charge in [-0.2, -0.15) is 0 Å². The summed E-state index contributed by atoms with van der Waals surface area (Å²) in [6.45, 7) is 1.89. The summed E-state index contributed by atoms with van der Waals surface area (Å²) >= 11 is 0. The number of aliphatic carboxylic acids is 1. The first-order chi connectivity index (χ1) is 13.5. The van der Waals surface area contributed by atoms with Crippen molar-refractivity contribution in [3.63, 3.8) is 0 Å². The van der Waals surface area contributed by atoms with Crippen LogP contribution in [-0.4, -0.2) is 22.9 Å². The molecule has 0 fully saturated rings. The molecule has 0 heterocycles. The van der Waals surface area contributed by atoms with Crippen LogP contribution in [0.4, 0.5) is 0 Å². The first kappa shape index (κ1) is 19.5. The molecule has 3 aromatic rings. The molecule has 0 bridgehead atoms. The first-order valence-electron chi connectivity index (χ1n) is 9.27. The number of benzene rings is 3. The maximum absolute atomic E-state index is 12.6. The zero-order chi connectivity index (χ0) is 19.9. The van der Waals surface area contributed by atoms with Gasteiger partial charge in [-0.3, -0.25) is 14.9 Å². The summed E-state index contributed by atoms with van der Waals surface area (Å²) < 4.78 is 0. The van der Waals surface area contributed by atoms with Gasteiger partial charge >= 0.3 is 5.97 Å². The second-order valence-electron chi connectivity index (χ2n) is 6.76. The van der Waals surface area contributed by atoms with Gasteiger partial charge in [0, 0.05) is 18.0 Å². The number of nitrogens with one attached hydrogen (secondary N) is 1. The van der Waals surface area contributed by atoms with E-state index in [0.717, 1.165) is 16.7 Å². The highest BCUT2D eigenvalue weighted by atomic mass is 16.4. The lowest BCUT2D eigenvalue weighted by atomic mass is 9.99. The molecule has 2 N–H and O–H groups in total. The van der Waals surface area contributed by atoms with Gasteiger partial charge in [0.1, 0.15) is 6.04 Å². The average Bonchev–Trinajstić information content (AvgIpc) is 2.74. The normalized spacial score (nSPS) is 12.9. The standard InChI is InChI=1S/C24H23NO3/c1-17(18-8-4-2-5-9-18)25-22(24(27)28)16-23(26)21-14-12-20(13-15-21)19-10-6-3-7-11-19/h2-15,17,22,25H,16H2,1H3,(H,27,28)/t17-,22-/m0/s1. The van der Waals surface area contributed by atoms with E-state index in [-0.39, 0.29) is 18.2 Å². The Labute approximate surface area is 164 Å². The van der Waals surface area contributed by atoms with Crippen molar-refractivity contribution in [2.75, 3.05) is 0 Å². The fraction of sp³-hybridized carbons (Fsp3) is 0.167. The monoisotopic (exact) mass is 373 g/mol. The molecule has 4 nitrogen and oxygen atoms in total. The van der Waals surface area contributed by atoms with Crippen LogP contribution in [0.5, 0.6) is 0 Å². The van der Waals surface area contributed by atoms with Crippen LogP contribution in [0, 0.1) is 0 Å². The van der Waals surface area contributed by atoms with Crippen molar-refractivity contribution in [2.45, 2.75) is 25.4 Å². The highest BCUT2D eigenvalue weighted by Crippen LogP contribution is 2.20. The summed E-state index contributed by atoms with van der Waals surface area (Å²) in [7, 11) is 0. The number of ketones is 1. The molecule has 0 amide bonds. The van der Waals surface area contributed by atoms with Crippen LogP contribution in [0.25, 0.3) is 11.1 Å². The molecule has 3 aromatic carbocycles. The molecular weight excluding hydrogens is 350 g/mol. The summed E-state index contributed by atoms with van der Waals surface area (Å²) in [6, 6.07) is 25.6. The molecule has 0 aliphatic carbocycles. The number of carbonyl (C=O) groups is 2. The van der Waals surface area contributed by atoms with Crippen molar-refractivity contribution in [3.05, 3.63) is 96.1 Å². The van der Waals surface area contributed by atoms with E-state index in [4.69, 9.17) is 0 Å². The molecule has 0 unspecified atom stereocenters. The van der Waals surface area contributed by atoms with Crippen molar-refractivity contribution in [1.82, 2.24) is 5.32 Å². The largest absolute Gasteiger partial charge is 0.480 e. The van der Waals surface area contributed by atoms with E-state index in [1.165, 1.54) is 0 Å². The predicted molar refractivity (Wildman–Crippen MR) is 110 cm³/mol. The van der Waals surface area contributed by atoms with Crippen LogP contribution in [-0.2, 0) is 4.79 Å².